The second kappa shape index (κ2) is 6.88. The summed E-state index contributed by atoms with van der Waals surface area (Å²) in [6.45, 7) is 3.58. The van der Waals surface area contributed by atoms with Crippen LogP contribution in [0.2, 0.25) is 0 Å². The number of aliphatic hydroxyl groups excluding tert-OH is 1. The number of pyridine rings is 1. The summed E-state index contributed by atoms with van der Waals surface area (Å²) in [7, 11) is 1.65. The predicted molar refractivity (Wildman–Crippen MR) is 102 cm³/mol. The van der Waals surface area contributed by atoms with Gasteiger partial charge in [0.05, 0.1) is 13.2 Å². The summed E-state index contributed by atoms with van der Waals surface area (Å²) in [5.41, 5.74) is 2.70. The molecular formula is C20H22N4O2. The van der Waals surface area contributed by atoms with E-state index in [0.717, 1.165) is 59.7 Å². The van der Waals surface area contributed by atoms with Gasteiger partial charge >= 0.3 is 0 Å². The van der Waals surface area contributed by atoms with Gasteiger partial charge in [-0.1, -0.05) is 6.07 Å². The van der Waals surface area contributed by atoms with Crippen molar-refractivity contribution in [3.05, 3.63) is 42.2 Å². The summed E-state index contributed by atoms with van der Waals surface area (Å²) in [5.74, 6) is 2.31. The molecule has 1 aromatic carbocycles. The van der Waals surface area contributed by atoms with Crippen LogP contribution in [0.15, 0.2) is 36.5 Å². The quantitative estimate of drug-likeness (QED) is 0.783. The van der Waals surface area contributed by atoms with Crippen LogP contribution < -0.4 is 9.64 Å². The number of anilines is 1. The Hall–Kier alpha value is -2.73. The number of aliphatic hydroxyl groups is 1. The molecule has 0 atom stereocenters. The van der Waals surface area contributed by atoms with Crippen LogP contribution in [0.1, 0.15) is 18.5 Å². The Labute approximate surface area is 152 Å². The monoisotopic (exact) mass is 350 g/mol. The highest BCUT2D eigenvalue weighted by molar-refractivity contribution is 5.96. The lowest BCUT2D eigenvalue weighted by molar-refractivity contribution is 0.145. The summed E-state index contributed by atoms with van der Waals surface area (Å²) < 4.78 is 5.47. The molecule has 0 bridgehead atoms. The van der Waals surface area contributed by atoms with E-state index in [1.807, 2.05) is 37.3 Å². The minimum Gasteiger partial charge on any atom is -0.494 e. The zero-order valence-corrected chi connectivity index (χ0v) is 15.0. The molecule has 0 aliphatic carbocycles. The van der Waals surface area contributed by atoms with Gasteiger partial charge in [0.2, 0.25) is 0 Å². The van der Waals surface area contributed by atoms with Gasteiger partial charge in [0.1, 0.15) is 17.1 Å². The molecule has 3 heterocycles. The van der Waals surface area contributed by atoms with Crippen molar-refractivity contribution in [1.82, 2.24) is 15.0 Å². The molecule has 0 radical (unpaired) electrons. The van der Waals surface area contributed by atoms with Crippen molar-refractivity contribution in [2.75, 3.05) is 25.1 Å². The Balaban J connectivity index is 1.77. The number of ether oxygens (including phenoxy) is 1. The Bertz CT molecular complexity index is 936. The first-order chi connectivity index (χ1) is 12.7. The van der Waals surface area contributed by atoms with Crippen LogP contribution in [0.4, 0.5) is 5.82 Å². The van der Waals surface area contributed by atoms with E-state index in [9.17, 15) is 5.11 Å². The van der Waals surface area contributed by atoms with Crippen molar-refractivity contribution in [2.24, 2.45) is 0 Å². The summed E-state index contributed by atoms with van der Waals surface area (Å²) in [4.78, 5) is 16.1. The van der Waals surface area contributed by atoms with Crippen LogP contribution in [0, 0.1) is 6.92 Å². The molecule has 1 aliphatic heterocycles. The number of piperidine rings is 1. The van der Waals surface area contributed by atoms with Gasteiger partial charge in [-0.15, -0.1) is 0 Å². The molecule has 0 spiro atoms. The zero-order chi connectivity index (χ0) is 18.1. The van der Waals surface area contributed by atoms with E-state index in [-0.39, 0.29) is 6.10 Å². The van der Waals surface area contributed by atoms with E-state index < -0.39 is 0 Å². The lowest BCUT2D eigenvalue weighted by atomic mass is 10.1. The number of aromatic nitrogens is 3. The molecule has 3 aromatic rings. The highest BCUT2D eigenvalue weighted by Gasteiger charge is 2.19. The van der Waals surface area contributed by atoms with Gasteiger partial charge in [-0.05, 0) is 44.0 Å². The van der Waals surface area contributed by atoms with Crippen molar-refractivity contribution in [3.8, 4) is 17.1 Å². The maximum atomic E-state index is 9.72. The number of nitrogens with zero attached hydrogens (tertiary/aromatic N) is 4. The molecule has 134 valence electrons. The summed E-state index contributed by atoms with van der Waals surface area (Å²) in [5, 5.41) is 10.7. The summed E-state index contributed by atoms with van der Waals surface area (Å²) in [6.07, 6.45) is 3.13. The molecule has 1 aliphatic rings. The van der Waals surface area contributed by atoms with Crippen LogP contribution in [-0.2, 0) is 0 Å². The van der Waals surface area contributed by atoms with Crippen LogP contribution in [0.3, 0.4) is 0 Å². The van der Waals surface area contributed by atoms with Crippen LogP contribution in [0.5, 0.6) is 5.75 Å². The maximum Gasteiger partial charge on any atom is 0.162 e. The van der Waals surface area contributed by atoms with Crippen LogP contribution in [0.25, 0.3) is 22.3 Å². The number of benzene rings is 1. The van der Waals surface area contributed by atoms with Crippen LogP contribution >= 0.6 is 0 Å². The smallest absolute Gasteiger partial charge is 0.162 e. The Morgan fingerprint density at radius 3 is 2.65 bits per heavy atom. The molecule has 4 rings (SSSR count). The second-order valence-electron chi connectivity index (χ2n) is 6.62. The van der Waals surface area contributed by atoms with E-state index in [1.165, 1.54) is 0 Å². The standard InChI is InChI=1S/C20H22N4O2/c1-13-3-4-15-16(5-6-17(26-2)19(15)22-13)20-21-10-7-18(23-20)24-11-8-14(25)9-12-24/h3-7,10,14,25H,8-9,11-12H2,1-2H3. The number of hydrogen-bond acceptors (Lipinski definition) is 6. The molecule has 6 nitrogen and oxygen atoms in total. The van der Waals surface area contributed by atoms with E-state index >= 15 is 0 Å². The van der Waals surface area contributed by atoms with Gasteiger partial charge in [-0.3, -0.25) is 0 Å². The predicted octanol–water partition coefficient (Wildman–Crippen LogP) is 2.97. The molecule has 1 N–H and O–H groups in total. The van der Waals surface area contributed by atoms with E-state index in [2.05, 4.69) is 14.9 Å². The molecule has 1 fully saturated rings. The molecular weight excluding hydrogens is 328 g/mol. The van der Waals surface area contributed by atoms with Crippen LogP contribution in [-0.4, -0.2) is 46.4 Å². The van der Waals surface area contributed by atoms with Crippen molar-refractivity contribution in [3.63, 3.8) is 0 Å². The van der Waals surface area contributed by atoms with Gasteiger partial charge in [0.15, 0.2) is 5.82 Å². The average Bonchev–Trinajstić information content (AvgIpc) is 2.67. The first-order valence-corrected chi connectivity index (χ1v) is 8.86. The van der Waals surface area contributed by atoms with Gasteiger partial charge in [-0.2, -0.15) is 0 Å². The number of aryl methyl sites for hydroxylation is 1. The van der Waals surface area contributed by atoms with Gasteiger partial charge < -0.3 is 14.7 Å². The van der Waals surface area contributed by atoms with E-state index in [4.69, 9.17) is 9.72 Å². The molecule has 2 aromatic heterocycles. The number of hydrogen-bond donors (Lipinski definition) is 1. The van der Waals surface area contributed by atoms with Gasteiger partial charge in [-0.25, -0.2) is 15.0 Å². The van der Waals surface area contributed by atoms with Crippen molar-refractivity contribution >= 4 is 16.7 Å². The SMILES string of the molecule is COc1ccc(-c2nccc(N3CCC(O)CC3)n2)c2ccc(C)nc12. The molecule has 1 saturated heterocycles. The molecule has 0 amide bonds. The highest BCUT2D eigenvalue weighted by atomic mass is 16.5. The summed E-state index contributed by atoms with van der Waals surface area (Å²) in [6, 6.07) is 9.86. The molecule has 0 saturated carbocycles. The lowest BCUT2D eigenvalue weighted by Gasteiger charge is -2.30. The topological polar surface area (TPSA) is 71.4 Å². The minimum absolute atomic E-state index is 0.201. The van der Waals surface area contributed by atoms with Crippen molar-refractivity contribution in [2.45, 2.75) is 25.9 Å². The fourth-order valence-electron chi connectivity index (χ4n) is 3.40. The largest absolute Gasteiger partial charge is 0.494 e. The Morgan fingerprint density at radius 2 is 1.88 bits per heavy atom. The first-order valence-electron chi connectivity index (χ1n) is 8.86. The number of rotatable bonds is 3. The third-order valence-electron chi connectivity index (χ3n) is 4.85. The Kier molecular flexibility index (Phi) is 4.42. The highest BCUT2D eigenvalue weighted by Crippen LogP contribution is 2.32. The molecule has 0 unspecified atom stereocenters. The Morgan fingerprint density at radius 1 is 1.08 bits per heavy atom. The van der Waals surface area contributed by atoms with Crippen molar-refractivity contribution < 1.29 is 9.84 Å². The summed E-state index contributed by atoms with van der Waals surface area (Å²) >= 11 is 0. The molecule has 6 heteroatoms. The second-order valence-corrected chi connectivity index (χ2v) is 6.62. The lowest BCUT2D eigenvalue weighted by Crippen LogP contribution is -2.36. The zero-order valence-electron chi connectivity index (χ0n) is 15.0. The maximum absolute atomic E-state index is 9.72. The van der Waals surface area contributed by atoms with Crippen molar-refractivity contribution in [1.29, 1.82) is 0 Å². The van der Waals surface area contributed by atoms with E-state index in [0.29, 0.717) is 5.82 Å². The molecule has 26 heavy (non-hydrogen) atoms. The van der Waals surface area contributed by atoms with Gasteiger partial charge in [0, 0.05) is 35.9 Å². The normalized spacial score (nSPS) is 15.4. The number of fused-ring (bicyclic) bond motifs is 1. The van der Waals surface area contributed by atoms with E-state index in [1.54, 1.807) is 13.3 Å². The third-order valence-corrected chi connectivity index (χ3v) is 4.85. The average molecular weight is 350 g/mol. The fraction of sp³-hybridized carbons (Fsp3) is 0.350. The first kappa shape index (κ1) is 16.7. The third kappa shape index (κ3) is 3.08. The van der Waals surface area contributed by atoms with Gasteiger partial charge in [0.25, 0.3) is 0 Å². The minimum atomic E-state index is -0.201. The number of methoxy groups -OCH3 is 1. The fourth-order valence-corrected chi connectivity index (χ4v) is 3.40.